The molecule has 4 heteroatoms. The number of hydrogen-bond donors (Lipinski definition) is 1. The predicted octanol–water partition coefficient (Wildman–Crippen LogP) is 5.62. The van der Waals surface area contributed by atoms with Crippen LogP contribution in [-0.2, 0) is 4.74 Å². The van der Waals surface area contributed by atoms with Crippen LogP contribution in [0.25, 0.3) is 21.7 Å². The summed E-state index contributed by atoms with van der Waals surface area (Å²) < 4.78 is 5.03. The molecule has 1 aromatic heterocycles. The van der Waals surface area contributed by atoms with Crippen molar-refractivity contribution in [2.75, 3.05) is 11.9 Å². The van der Waals surface area contributed by atoms with E-state index in [-0.39, 0.29) is 5.97 Å². The van der Waals surface area contributed by atoms with E-state index < -0.39 is 0 Å². The van der Waals surface area contributed by atoms with Crippen LogP contribution in [0.3, 0.4) is 0 Å². The standard InChI is InChI=1S/C23H20N2O2/c1-3-27-23(26)17-8-11-18(12-9-17)25-21-14-15(2)24-22-19-7-5-4-6-16(19)10-13-20(21)22/h4-14H,3H2,1-2H3,(H,24,25). The number of carbonyl (C=O) groups excluding carboxylic acids is 1. The zero-order valence-corrected chi connectivity index (χ0v) is 15.3. The van der Waals surface area contributed by atoms with Crippen molar-refractivity contribution in [1.82, 2.24) is 4.98 Å². The molecule has 0 radical (unpaired) electrons. The van der Waals surface area contributed by atoms with Crippen molar-refractivity contribution in [2.45, 2.75) is 13.8 Å². The Bertz CT molecular complexity index is 1130. The van der Waals surface area contributed by atoms with Crippen molar-refractivity contribution in [1.29, 1.82) is 0 Å². The first-order valence-corrected chi connectivity index (χ1v) is 8.99. The Morgan fingerprint density at radius 1 is 1.00 bits per heavy atom. The fraction of sp³-hybridized carbons (Fsp3) is 0.130. The molecule has 0 aliphatic rings. The highest BCUT2D eigenvalue weighted by Crippen LogP contribution is 2.31. The molecule has 0 atom stereocenters. The van der Waals surface area contributed by atoms with E-state index in [2.05, 4.69) is 29.6 Å². The number of fused-ring (bicyclic) bond motifs is 3. The van der Waals surface area contributed by atoms with Gasteiger partial charge in [-0.05, 0) is 49.6 Å². The number of hydrogen-bond acceptors (Lipinski definition) is 4. The number of nitrogens with zero attached hydrogens (tertiary/aromatic N) is 1. The maximum absolute atomic E-state index is 11.8. The first-order chi connectivity index (χ1) is 13.2. The number of nitrogens with one attached hydrogen (secondary N) is 1. The molecule has 0 aliphatic carbocycles. The minimum Gasteiger partial charge on any atom is -0.462 e. The summed E-state index contributed by atoms with van der Waals surface area (Å²) in [6, 6.07) is 21.8. The van der Waals surface area contributed by atoms with Gasteiger partial charge in [-0.3, -0.25) is 4.98 Å². The van der Waals surface area contributed by atoms with Gasteiger partial charge in [0.15, 0.2) is 0 Å². The second kappa shape index (κ2) is 7.08. The zero-order chi connectivity index (χ0) is 18.8. The van der Waals surface area contributed by atoms with Gasteiger partial charge in [-0.15, -0.1) is 0 Å². The molecule has 4 aromatic rings. The molecule has 0 amide bonds. The van der Waals surface area contributed by atoms with Crippen molar-refractivity contribution in [3.05, 3.63) is 78.0 Å². The molecule has 134 valence electrons. The number of ether oxygens (including phenoxy) is 1. The summed E-state index contributed by atoms with van der Waals surface area (Å²) in [7, 11) is 0. The number of benzene rings is 3. The molecule has 0 saturated heterocycles. The van der Waals surface area contributed by atoms with Gasteiger partial charge >= 0.3 is 5.97 Å². The molecule has 0 spiro atoms. The Hall–Kier alpha value is -3.40. The number of aromatic nitrogens is 1. The Balaban J connectivity index is 1.73. The Labute approximate surface area is 157 Å². The van der Waals surface area contributed by atoms with Gasteiger partial charge in [0, 0.05) is 27.8 Å². The van der Waals surface area contributed by atoms with Crippen molar-refractivity contribution in [3.63, 3.8) is 0 Å². The molecule has 0 aliphatic heterocycles. The minimum absolute atomic E-state index is 0.305. The predicted molar refractivity (Wildman–Crippen MR) is 110 cm³/mol. The number of aryl methyl sites for hydroxylation is 1. The molecule has 4 nitrogen and oxygen atoms in total. The Morgan fingerprint density at radius 3 is 2.56 bits per heavy atom. The van der Waals surface area contributed by atoms with Crippen LogP contribution in [-0.4, -0.2) is 17.6 Å². The minimum atomic E-state index is -0.305. The summed E-state index contributed by atoms with van der Waals surface area (Å²) in [5, 5.41) is 6.83. The molecule has 3 aromatic carbocycles. The van der Waals surface area contributed by atoms with E-state index >= 15 is 0 Å². The first kappa shape index (κ1) is 17.0. The van der Waals surface area contributed by atoms with Gasteiger partial charge in [-0.1, -0.05) is 36.4 Å². The lowest BCUT2D eigenvalue weighted by Gasteiger charge is -2.13. The SMILES string of the molecule is CCOC(=O)c1ccc(Nc2cc(C)nc3c2ccc2ccccc23)cc1. The molecule has 0 saturated carbocycles. The molecule has 0 bridgehead atoms. The average Bonchev–Trinajstić information content (AvgIpc) is 2.68. The molecular formula is C23H20N2O2. The summed E-state index contributed by atoms with van der Waals surface area (Å²) in [6.45, 7) is 4.17. The number of rotatable bonds is 4. The van der Waals surface area contributed by atoms with Gasteiger partial charge in [0.1, 0.15) is 0 Å². The van der Waals surface area contributed by atoms with Crippen molar-refractivity contribution in [3.8, 4) is 0 Å². The number of pyridine rings is 1. The second-order valence-corrected chi connectivity index (χ2v) is 6.42. The number of anilines is 2. The summed E-state index contributed by atoms with van der Waals surface area (Å²) in [4.78, 5) is 16.6. The van der Waals surface area contributed by atoms with Crippen LogP contribution < -0.4 is 5.32 Å². The summed E-state index contributed by atoms with van der Waals surface area (Å²) in [5.74, 6) is -0.305. The quantitative estimate of drug-likeness (QED) is 0.381. The summed E-state index contributed by atoms with van der Waals surface area (Å²) in [5.41, 5.74) is 4.38. The van der Waals surface area contributed by atoms with E-state index in [1.54, 1.807) is 19.1 Å². The molecule has 4 rings (SSSR count). The van der Waals surface area contributed by atoms with Crippen molar-refractivity contribution >= 4 is 39.0 Å². The topological polar surface area (TPSA) is 51.2 Å². The fourth-order valence-corrected chi connectivity index (χ4v) is 3.25. The number of esters is 1. The van der Waals surface area contributed by atoms with E-state index in [1.165, 1.54) is 5.39 Å². The van der Waals surface area contributed by atoms with Crippen LogP contribution in [0.15, 0.2) is 66.7 Å². The third-order valence-electron chi connectivity index (χ3n) is 4.51. The average molecular weight is 356 g/mol. The Kier molecular flexibility index (Phi) is 4.47. The lowest BCUT2D eigenvalue weighted by atomic mass is 10.0. The van der Waals surface area contributed by atoms with E-state index in [0.29, 0.717) is 12.2 Å². The van der Waals surface area contributed by atoms with Gasteiger partial charge in [-0.2, -0.15) is 0 Å². The van der Waals surface area contributed by atoms with Crippen molar-refractivity contribution in [2.24, 2.45) is 0 Å². The van der Waals surface area contributed by atoms with Crippen molar-refractivity contribution < 1.29 is 9.53 Å². The van der Waals surface area contributed by atoms with Gasteiger partial charge in [0.05, 0.1) is 17.7 Å². The van der Waals surface area contributed by atoms with Crippen LogP contribution in [0.1, 0.15) is 23.0 Å². The van der Waals surface area contributed by atoms with E-state index in [4.69, 9.17) is 9.72 Å². The van der Waals surface area contributed by atoms with Crippen LogP contribution in [0, 0.1) is 6.92 Å². The number of carbonyl (C=O) groups is 1. The summed E-state index contributed by atoms with van der Waals surface area (Å²) >= 11 is 0. The third-order valence-corrected chi connectivity index (χ3v) is 4.51. The zero-order valence-electron chi connectivity index (χ0n) is 15.3. The van der Waals surface area contributed by atoms with Crippen LogP contribution in [0.4, 0.5) is 11.4 Å². The lowest BCUT2D eigenvalue weighted by molar-refractivity contribution is 0.0526. The maximum atomic E-state index is 11.8. The maximum Gasteiger partial charge on any atom is 0.338 e. The van der Waals surface area contributed by atoms with Crippen LogP contribution >= 0.6 is 0 Å². The Morgan fingerprint density at radius 2 is 1.78 bits per heavy atom. The normalized spacial score (nSPS) is 10.9. The highest BCUT2D eigenvalue weighted by atomic mass is 16.5. The van der Waals surface area contributed by atoms with Gasteiger partial charge in [0.25, 0.3) is 0 Å². The van der Waals surface area contributed by atoms with Crippen LogP contribution in [0.2, 0.25) is 0 Å². The highest BCUT2D eigenvalue weighted by molar-refractivity contribution is 6.09. The monoisotopic (exact) mass is 356 g/mol. The van der Waals surface area contributed by atoms with E-state index in [0.717, 1.165) is 33.4 Å². The molecule has 0 unspecified atom stereocenters. The van der Waals surface area contributed by atoms with E-state index in [9.17, 15) is 4.79 Å². The lowest BCUT2D eigenvalue weighted by Crippen LogP contribution is -2.04. The second-order valence-electron chi connectivity index (χ2n) is 6.42. The molecule has 0 fully saturated rings. The van der Waals surface area contributed by atoms with Gasteiger partial charge in [-0.25, -0.2) is 4.79 Å². The first-order valence-electron chi connectivity index (χ1n) is 8.99. The van der Waals surface area contributed by atoms with Gasteiger partial charge in [0.2, 0.25) is 0 Å². The highest BCUT2D eigenvalue weighted by Gasteiger charge is 2.09. The fourth-order valence-electron chi connectivity index (χ4n) is 3.25. The molecular weight excluding hydrogens is 336 g/mol. The van der Waals surface area contributed by atoms with E-state index in [1.807, 2.05) is 37.3 Å². The third kappa shape index (κ3) is 3.34. The largest absolute Gasteiger partial charge is 0.462 e. The van der Waals surface area contributed by atoms with Crippen LogP contribution in [0.5, 0.6) is 0 Å². The molecule has 1 N–H and O–H groups in total. The molecule has 27 heavy (non-hydrogen) atoms. The van der Waals surface area contributed by atoms with Gasteiger partial charge < -0.3 is 10.1 Å². The summed E-state index contributed by atoms with van der Waals surface area (Å²) in [6.07, 6.45) is 0. The molecule has 1 heterocycles. The smallest absolute Gasteiger partial charge is 0.338 e.